The van der Waals surface area contributed by atoms with E-state index in [1.807, 2.05) is 62.0 Å². The molecule has 1 atom stereocenters. The smallest absolute Gasteiger partial charge is 0.255 e. The molecule has 0 saturated carbocycles. The van der Waals surface area contributed by atoms with E-state index in [9.17, 15) is 4.79 Å². The number of aryl methyl sites for hydroxylation is 2. The van der Waals surface area contributed by atoms with Crippen molar-refractivity contribution < 1.29 is 4.79 Å². The Hall–Kier alpha value is -3.33. The van der Waals surface area contributed by atoms with Crippen LogP contribution in [0.25, 0.3) is 5.00 Å². The third-order valence-corrected chi connectivity index (χ3v) is 5.87. The van der Waals surface area contributed by atoms with Crippen molar-refractivity contribution in [2.45, 2.75) is 19.9 Å². The maximum atomic E-state index is 13.4. The van der Waals surface area contributed by atoms with E-state index in [-0.39, 0.29) is 11.9 Å². The van der Waals surface area contributed by atoms with Gasteiger partial charge in [-0.3, -0.25) is 4.79 Å². The lowest BCUT2D eigenvalue weighted by atomic mass is 10.0. The van der Waals surface area contributed by atoms with Crippen molar-refractivity contribution in [3.05, 3.63) is 76.4 Å². The molecule has 0 spiro atoms. The van der Waals surface area contributed by atoms with Gasteiger partial charge in [0.05, 0.1) is 5.56 Å². The van der Waals surface area contributed by atoms with Crippen LogP contribution in [-0.4, -0.2) is 35.7 Å². The first-order valence-electron chi connectivity index (χ1n) is 8.72. The fourth-order valence-electron chi connectivity index (χ4n) is 3.09. The molecule has 142 valence electrons. The number of nitrogens with one attached hydrogen (secondary N) is 1. The molecular weight excluding hydrogens is 374 g/mol. The summed E-state index contributed by atoms with van der Waals surface area (Å²) in [6.07, 6.45) is 5.09. The van der Waals surface area contributed by atoms with Crippen LogP contribution in [0.1, 0.15) is 38.2 Å². The van der Waals surface area contributed by atoms with Crippen molar-refractivity contribution in [3.63, 3.8) is 0 Å². The third kappa shape index (κ3) is 3.20. The van der Waals surface area contributed by atoms with Crippen LogP contribution in [-0.2, 0) is 7.05 Å². The predicted molar refractivity (Wildman–Crippen MR) is 105 cm³/mol. The van der Waals surface area contributed by atoms with Crippen molar-refractivity contribution in [3.8, 4) is 5.00 Å². The number of benzene rings is 1. The Morgan fingerprint density at radius 1 is 1.21 bits per heavy atom. The van der Waals surface area contributed by atoms with Gasteiger partial charge in [-0.2, -0.15) is 4.68 Å². The Balaban J connectivity index is 1.75. The summed E-state index contributed by atoms with van der Waals surface area (Å²) in [7, 11) is 1.91. The van der Waals surface area contributed by atoms with E-state index in [1.165, 1.54) is 22.3 Å². The van der Waals surface area contributed by atoms with Crippen LogP contribution in [0.2, 0.25) is 0 Å². The maximum Gasteiger partial charge on any atom is 0.255 e. The lowest BCUT2D eigenvalue weighted by Gasteiger charge is -2.19. The van der Waals surface area contributed by atoms with Crippen LogP contribution in [0.5, 0.6) is 0 Å². The number of thiophene rings is 1. The van der Waals surface area contributed by atoms with Gasteiger partial charge in [0, 0.05) is 24.3 Å². The predicted octanol–water partition coefficient (Wildman–Crippen LogP) is 2.59. The van der Waals surface area contributed by atoms with Crippen molar-refractivity contribution >= 4 is 17.2 Å². The monoisotopic (exact) mass is 393 g/mol. The summed E-state index contributed by atoms with van der Waals surface area (Å²) >= 11 is 1.49. The van der Waals surface area contributed by atoms with E-state index < -0.39 is 0 Å². The first-order chi connectivity index (χ1) is 13.6. The first-order valence-corrected chi connectivity index (χ1v) is 9.54. The van der Waals surface area contributed by atoms with E-state index in [0.29, 0.717) is 10.6 Å². The highest BCUT2D eigenvalue weighted by Crippen LogP contribution is 2.31. The van der Waals surface area contributed by atoms with Gasteiger partial charge in [0.25, 0.3) is 5.91 Å². The SMILES string of the molecule is Cc1sc(-n2cnnn2)c(C(=O)N[C@@H](c2ccccc2)c2nccn2C)c1C. The summed E-state index contributed by atoms with van der Waals surface area (Å²) in [5.74, 6) is 0.567. The fourth-order valence-corrected chi connectivity index (χ4v) is 4.16. The van der Waals surface area contributed by atoms with Gasteiger partial charge < -0.3 is 9.88 Å². The highest BCUT2D eigenvalue weighted by Gasteiger charge is 2.26. The van der Waals surface area contributed by atoms with Gasteiger partial charge in [-0.1, -0.05) is 30.3 Å². The minimum absolute atomic E-state index is 0.191. The molecule has 1 N–H and O–H groups in total. The van der Waals surface area contributed by atoms with E-state index in [2.05, 4.69) is 25.8 Å². The number of carbonyl (C=O) groups is 1. The molecule has 1 amide bonds. The van der Waals surface area contributed by atoms with E-state index in [0.717, 1.165) is 21.8 Å². The lowest BCUT2D eigenvalue weighted by Crippen LogP contribution is -2.32. The summed E-state index contributed by atoms with van der Waals surface area (Å²) in [6, 6.07) is 9.42. The molecule has 0 aliphatic heterocycles. The molecule has 28 heavy (non-hydrogen) atoms. The summed E-state index contributed by atoms with van der Waals surface area (Å²) < 4.78 is 3.43. The number of imidazole rings is 1. The van der Waals surface area contributed by atoms with Gasteiger partial charge in [-0.15, -0.1) is 16.4 Å². The minimum atomic E-state index is -0.380. The number of rotatable bonds is 5. The van der Waals surface area contributed by atoms with E-state index in [4.69, 9.17) is 0 Å². The maximum absolute atomic E-state index is 13.4. The van der Waals surface area contributed by atoms with Crippen molar-refractivity contribution in [2.75, 3.05) is 0 Å². The van der Waals surface area contributed by atoms with Gasteiger partial charge in [-0.05, 0) is 35.4 Å². The van der Waals surface area contributed by atoms with Crippen molar-refractivity contribution in [1.29, 1.82) is 0 Å². The van der Waals surface area contributed by atoms with Crippen LogP contribution in [0.3, 0.4) is 0 Å². The number of carbonyl (C=O) groups excluding carboxylic acids is 1. The van der Waals surface area contributed by atoms with Gasteiger partial charge >= 0.3 is 0 Å². The summed E-state index contributed by atoms with van der Waals surface area (Å²) in [5.41, 5.74) is 2.45. The quantitative estimate of drug-likeness (QED) is 0.563. The largest absolute Gasteiger partial charge is 0.338 e. The van der Waals surface area contributed by atoms with E-state index in [1.54, 1.807) is 6.20 Å². The number of hydrogen-bond donors (Lipinski definition) is 1. The second kappa shape index (κ2) is 7.35. The van der Waals surface area contributed by atoms with Gasteiger partial charge in [0.2, 0.25) is 0 Å². The second-order valence-electron chi connectivity index (χ2n) is 6.43. The molecule has 3 aromatic heterocycles. The van der Waals surface area contributed by atoms with Crippen LogP contribution >= 0.6 is 11.3 Å². The van der Waals surface area contributed by atoms with Crippen LogP contribution in [0.15, 0.2) is 49.1 Å². The topological polar surface area (TPSA) is 90.5 Å². The lowest BCUT2D eigenvalue weighted by molar-refractivity contribution is 0.0941. The Morgan fingerprint density at radius 3 is 2.64 bits per heavy atom. The summed E-state index contributed by atoms with van der Waals surface area (Å²) in [6.45, 7) is 3.92. The molecule has 0 saturated heterocycles. The highest BCUT2D eigenvalue weighted by atomic mass is 32.1. The van der Waals surface area contributed by atoms with Gasteiger partial charge in [-0.25, -0.2) is 4.98 Å². The zero-order valence-corrected chi connectivity index (χ0v) is 16.5. The van der Waals surface area contributed by atoms with E-state index >= 15 is 0 Å². The van der Waals surface area contributed by atoms with Gasteiger partial charge in [0.1, 0.15) is 23.2 Å². The molecule has 0 bridgehead atoms. The summed E-state index contributed by atoms with van der Waals surface area (Å²) in [5, 5.41) is 15.2. The fraction of sp³-hybridized carbons (Fsp3) is 0.211. The average molecular weight is 393 g/mol. The molecule has 4 rings (SSSR count). The third-order valence-electron chi connectivity index (χ3n) is 4.68. The number of amides is 1. The standard InChI is InChI=1S/C19H19N7OS/c1-12-13(2)28-19(26-11-21-23-24-26)15(12)18(27)22-16(14-7-5-4-6-8-14)17-20-9-10-25(17)3/h4-11,16H,1-3H3,(H,22,27)/t16-/m0/s1. The number of aromatic nitrogens is 6. The Bertz CT molecular complexity index is 1100. The molecule has 0 fully saturated rings. The molecule has 0 unspecified atom stereocenters. The summed E-state index contributed by atoms with van der Waals surface area (Å²) in [4.78, 5) is 18.9. The van der Waals surface area contributed by atoms with Gasteiger partial charge in [0.15, 0.2) is 0 Å². The van der Waals surface area contributed by atoms with Crippen LogP contribution in [0, 0.1) is 13.8 Å². The normalized spacial score (nSPS) is 12.1. The molecule has 8 nitrogen and oxygen atoms in total. The molecule has 0 aliphatic carbocycles. The van der Waals surface area contributed by atoms with Crippen LogP contribution < -0.4 is 5.32 Å². The molecule has 0 radical (unpaired) electrons. The number of hydrogen-bond acceptors (Lipinski definition) is 6. The molecule has 4 aromatic rings. The molecule has 3 heterocycles. The zero-order valence-electron chi connectivity index (χ0n) is 15.7. The average Bonchev–Trinajstić information content (AvgIpc) is 3.42. The van der Waals surface area contributed by atoms with Crippen molar-refractivity contribution in [1.82, 2.24) is 35.1 Å². The molecule has 1 aromatic carbocycles. The molecule has 9 heteroatoms. The first kappa shape index (κ1) is 18.1. The second-order valence-corrected chi connectivity index (χ2v) is 7.63. The van der Waals surface area contributed by atoms with Crippen LogP contribution in [0.4, 0.5) is 0 Å². The molecule has 0 aliphatic rings. The zero-order chi connectivity index (χ0) is 19.7. The van der Waals surface area contributed by atoms with Crippen molar-refractivity contribution in [2.24, 2.45) is 7.05 Å². The molecular formula is C19H19N7OS. The highest BCUT2D eigenvalue weighted by molar-refractivity contribution is 7.15. The number of tetrazole rings is 1. The number of nitrogens with zero attached hydrogens (tertiary/aromatic N) is 6. The Kier molecular flexibility index (Phi) is 4.74. The Labute approximate surface area is 165 Å². The Morgan fingerprint density at radius 2 is 2.00 bits per heavy atom. The minimum Gasteiger partial charge on any atom is -0.338 e.